The second kappa shape index (κ2) is 7.09. The van der Waals surface area contributed by atoms with Gasteiger partial charge in [0.05, 0.1) is 11.9 Å². The lowest BCUT2D eigenvalue weighted by atomic mass is 9.95. The molecule has 2 aliphatic rings. The highest BCUT2D eigenvalue weighted by atomic mass is 16.1. The Morgan fingerprint density at radius 2 is 2.05 bits per heavy atom. The summed E-state index contributed by atoms with van der Waals surface area (Å²) in [4.78, 5) is 19.2. The first-order valence-corrected chi connectivity index (χ1v) is 8.50. The fourth-order valence-corrected chi connectivity index (χ4v) is 3.67. The number of anilines is 2. The van der Waals surface area contributed by atoms with Gasteiger partial charge in [0, 0.05) is 19.0 Å². The van der Waals surface area contributed by atoms with E-state index in [1.54, 1.807) is 6.20 Å². The third-order valence-electron chi connectivity index (χ3n) is 4.99. The van der Waals surface area contributed by atoms with E-state index in [0.717, 1.165) is 43.9 Å². The molecule has 0 spiro atoms. The highest BCUT2D eigenvalue weighted by Crippen LogP contribution is 2.32. The highest BCUT2D eigenvalue weighted by Gasteiger charge is 2.31. The van der Waals surface area contributed by atoms with Crippen LogP contribution in [-0.4, -0.2) is 30.5 Å². The van der Waals surface area contributed by atoms with Gasteiger partial charge in [-0.3, -0.25) is 4.79 Å². The Bertz CT molecular complexity index is 496. The van der Waals surface area contributed by atoms with Crippen molar-refractivity contribution in [2.45, 2.75) is 38.5 Å². The van der Waals surface area contributed by atoms with Crippen LogP contribution in [0.4, 0.5) is 11.5 Å². The van der Waals surface area contributed by atoms with Gasteiger partial charge in [-0.1, -0.05) is 6.42 Å². The molecule has 1 aliphatic carbocycles. The predicted octanol–water partition coefficient (Wildman–Crippen LogP) is 2.39. The molecule has 2 heterocycles. The lowest BCUT2D eigenvalue weighted by Crippen LogP contribution is -2.30. The lowest BCUT2D eigenvalue weighted by molar-refractivity contribution is -0.120. The van der Waals surface area contributed by atoms with Crippen LogP contribution in [-0.2, 0) is 4.79 Å². The number of rotatable bonds is 4. The average molecular weight is 302 g/mol. The molecule has 22 heavy (non-hydrogen) atoms. The van der Waals surface area contributed by atoms with Gasteiger partial charge in [0.2, 0.25) is 5.91 Å². The molecule has 1 saturated heterocycles. The smallest absolute Gasteiger partial charge is 0.227 e. The molecule has 0 unspecified atom stereocenters. The van der Waals surface area contributed by atoms with Crippen molar-refractivity contribution in [1.29, 1.82) is 0 Å². The number of carbonyl (C=O) groups excluding carboxylic acids is 1. The van der Waals surface area contributed by atoms with E-state index in [1.165, 1.54) is 19.3 Å². The van der Waals surface area contributed by atoms with Crippen molar-refractivity contribution in [1.82, 2.24) is 4.98 Å². The summed E-state index contributed by atoms with van der Waals surface area (Å²) in [5, 5.41) is 3.00. The van der Waals surface area contributed by atoms with Crippen LogP contribution in [0.1, 0.15) is 38.5 Å². The fourth-order valence-electron chi connectivity index (χ4n) is 3.67. The van der Waals surface area contributed by atoms with Crippen LogP contribution in [0.5, 0.6) is 0 Å². The van der Waals surface area contributed by atoms with E-state index in [0.29, 0.717) is 12.5 Å². The zero-order valence-electron chi connectivity index (χ0n) is 13.1. The van der Waals surface area contributed by atoms with Crippen LogP contribution in [0, 0.1) is 11.8 Å². The molecule has 0 bridgehead atoms. The molecule has 3 N–H and O–H groups in total. The number of piperidine rings is 1. The summed E-state index contributed by atoms with van der Waals surface area (Å²) < 4.78 is 0. The molecule has 1 saturated carbocycles. The van der Waals surface area contributed by atoms with Crippen molar-refractivity contribution in [2.75, 3.05) is 29.9 Å². The van der Waals surface area contributed by atoms with Crippen LogP contribution in [0.15, 0.2) is 18.3 Å². The first-order chi connectivity index (χ1) is 10.8. The summed E-state index contributed by atoms with van der Waals surface area (Å²) in [5.41, 5.74) is 6.55. The summed E-state index contributed by atoms with van der Waals surface area (Å²) in [7, 11) is 0. The monoisotopic (exact) mass is 302 g/mol. The first kappa shape index (κ1) is 15.3. The number of aromatic nitrogens is 1. The van der Waals surface area contributed by atoms with Gasteiger partial charge in [-0.25, -0.2) is 4.98 Å². The minimum atomic E-state index is 0.0618. The summed E-state index contributed by atoms with van der Waals surface area (Å²) in [6.45, 7) is 2.77. The number of nitrogens with one attached hydrogen (secondary N) is 1. The Balaban J connectivity index is 1.59. The maximum Gasteiger partial charge on any atom is 0.227 e. The number of pyridine rings is 1. The molecule has 1 aromatic rings. The molecule has 2 fully saturated rings. The van der Waals surface area contributed by atoms with Gasteiger partial charge in [0.1, 0.15) is 5.82 Å². The van der Waals surface area contributed by atoms with Gasteiger partial charge < -0.3 is 16.0 Å². The number of nitrogens with zero attached hydrogens (tertiary/aromatic N) is 2. The molecule has 5 nitrogen and oxygen atoms in total. The molecule has 3 rings (SSSR count). The quantitative estimate of drug-likeness (QED) is 0.896. The summed E-state index contributed by atoms with van der Waals surface area (Å²) in [6.07, 6.45) is 8.69. The van der Waals surface area contributed by atoms with Crippen LogP contribution >= 0.6 is 0 Å². The standard InChI is InChI=1S/C17H26N4O/c18-11-13-5-4-6-15(13)17(22)20-14-7-8-16(19-12-14)21-9-2-1-3-10-21/h7-8,12-13,15H,1-6,9-11,18H2,(H,20,22)/t13-,15-/m1/s1. The normalized spacial score (nSPS) is 25.2. The molecular weight excluding hydrogens is 276 g/mol. The van der Waals surface area contributed by atoms with Crippen molar-refractivity contribution >= 4 is 17.4 Å². The Kier molecular flexibility index (Phi) is 4.93. The van der Waals surface area contributed by atoms with Crippen molar-refractivity contribution < 1.29 is 4.79 Å². The van der Waals surface area contributed by atoms with Gasteiger partial charge in [0.15, 0.2) is 0 Å². The maximum absolute atomic E-state index is 12.4. The molecule has 0 aromatic carbocycles. The second-order valence-corrected chi connectivity index (χ2v) is 6.48. The van der Waals surface area contributed by atoms with E-state index in [2.05, 4.69) is 15.2 Å². The molecule has 1 aliphatic heterocycles. The second-order valence-electron chi connectivity index (χ2n) is 6.48. The number of hydrogen-bond donors (Lipinski definition) is 2. The topological polar surface area (TPSA) is 71.2 Å². The number of amides is 1. The SMILES string of the molecule is NC[C@H]1CCC[C@H]1C(=O)Nc1ccc(N2CCCCC2)nc1. The minimum Gasteiger partial charge on any atom is -0.357 e. The molecule has 5 heteroatoms. The Hall–Kier alpha value is -1.62. The summed E-state index contributed by atoms with van der Waals surface area (Å²) in [5.74, 6) is 1.51. The van der Waals surface area contributed by atoms with Crippen LogP contribution in [0.3, 0.4) is 0 Å². The van der Waals surface area contributed by atoms with E-state index in [9.17, 15) is 4.79 Å². The Morgan fingerprint density at radius 1 is 1.23 bits per heavy atom. The summed E-state index contributed by atoms with van der Waals surface area (Å²) in [6, 6.07) is 3.97. The van der Waals surface area contributed by atoms with Crippen LogP contribution in [0.25, 0.3) is 0 Å². The van der Waals surface area contributed by atoms with Gasteiger partial charge in [-0.05, 0) is 56.7 Å². The van der Waals surface area contributed by atoms with Gasteiger partial charge in [-0.2, -0.15) is 0 Å². The number of carbonyl (C=O) groups is 1. The van der Waals surface area contributed by atoms with E-state index in [4.69, 9.17) is 5.73 Å². The molecule has 1 amide bonds. The van der Waals surface area contributed by atoms with E-state index in [1.807, 2.05) is 12.1 Å². The highest BCUT2D eigenvalue weighted by molar-refractivity contribution is 5.92. The zero-order chi connectivity index (χ0) is 15.4. The van der Waals surface area contributed by atoms with Crippen molar-refractivity contribution in [3.05, 3.63) is 18.3 Å². The molecule has 120 valence electrons. The lowest BCUT2D eigenvalue weighted by Gasteiger charge is -2.27. The largest absolute Gasteiger partial charge is 0.357 e. The summed E-state index contributed by atoms with van der Waals surface area (Å²) >= 11 is 0. The van der Waals surface area contributed by atoms with Crippen LogP contribution in [0.2, 0.25) is 0 Å². The molecular formula is C17H26N4O. The molecule has 0 radical (unpaired) electrons. The maximum atomic E-state index is 12.4. The van der Waals surface area contributed by atoms with Gasteiger partial charge in [0.25, 0.3) is 0 Å². The zero-order valence-corrected chi connectivity index (χ0v) is 13.1. The van der Waals surface area contributed by atoms with Gasteiger partial charge in [-0.15, -0.1) is 0 Å². The van der Waals surface area contributed by atoms with E-state index in [-0.39, 0.29) is 11.8 Å². The third kappa shape index (κ3) is 3.40. The van der Waals surface area contributed by atoms with Crippen molar-refractivity contribution in [2.24, 2.45) is 17.6 Å². The van der Waals surface area contributed by atoms with Gasteiger partial charge >= 0.3 is 0 Å². The molecule has 2 atom stereocenters. The molecule has 1 aromatic heterocycles. The fraction of sp³-hybridized carbons (Fsp3) is 0.647. The number of hydrogen-bond acceptors (Lipinski definition) is 4. The van der Waals surface area contributed by atoms with Crippen molar-refractivity contribution in [3.8, 4) is 0 Å². The van der Waals surface area contributed by atoms with Crippen LogP contribution < -0.4 is 16.0 Å². The van der Waals surface area contributed by atoms with Crippen molar-refractivity contribution in [3.63, 3.8) is 0 Å². The third-order valence-corrected chi connectivity index (χ3v) is 4.99. The van der Waals surface area contributed by atoms with E-state index >= 15 is 0 Å². The van der Waals surface area contributed by atoms with E-state index < -0.39 is 0 Å². The average Bonchev–Trinajstić information content (AvgIpc) is 3.05. The minimum absolute atomic E-state index is 0.0618. The Labute approximate surface area is 132 Å². The number of nitrogens with two attached hydrogens (primary N) is 1. The predicted molar refractivity (Wildman–Crippen MR) is 88.8 cm³/mol. The Morgan fingerprint density at radius 3 is 2.73 bits per heavy atom. The first-order valence-electron chi connectivity index (χ1n) is 8.50.